The van der Waals surface area contributed by atoms with Crippen molar-refractivity contribution >= 4 is 28.9 Å². The summed E-state index contributed by atoms with van der Waals surface area (Å²) >= 11 is 5.53. The van der Waals surface area contributed by atoms with E-state index in [0.29, 0.717) is 0 Å². The van der Waals surface area contributed by atoms with Crippen LogP contribution in [0.2, 0.25) is 0 Å². The SMILES string of the molecule is CCCCCNC(=O)C1CCN(C(=S)Nc2ccc(CC)cc2)CC1. The van der Waals surface area contributed by atoms with Gasteiger partial charge < -0.3 is 15.5 Å². The monoisotopic (exact) mass is 361 g/mol. The maximum Gasteiger partial charge on any atom is 0.223 e. The number of hydrogen-bond donors (Lipinski definition) is 2. The van der Waals surface area contributed by atoms with E-state index in [0.717, 1.165) is 56.1 Å². The first kappa shape index (κ1) is 19.7. The van der Waals surface area contributed by atoms with E-state index >= 15 is 0 Å². The third-order valence-corrected chi connectivity index (χ3v) is 5.21. The number of hydrogen-bond acceptors (Lipinski definition) is 2. The third-order valence-electron chi connectivity index (χ3n) is 4.85. The molecule has 1 saturated heterocycles. The Morgan fingerprint density at radius 1 is 1.16 bits per heavy atom. The first-order valence-electron chi connectivity index (χ1n) is 9.56. The highest BCUT2D eigenvalue weighted by Crippen LogP contribution is 2.19. The lowest BCUT2D eigenvalue weighted by molar-refractivity contribution is -0.126. The summed E-state index contributed by atoms with van der Waals surface area (Å²) in [7, 11) is 0. The molecule has 0 aromatic heterocycles. The fourth-order valence-corrected chi connectivity index (χ4v) is 3.40. The van der Waals surface area contributed by atoms with Gasteiger partial charge in [0.15, 0.2) is 5.11 Å². The summed E-state index contributed by atoms with van der Waals surface area (Å²) in [6, 6.07) is 8.39. The first-order chi connectivity index (χ1) is 12.1. The number of benzene rings is 1. The molecule has 0 saturated carbocycles. The predicted octanol–water partition coefficient (Wildman–Crippen LogP) is 3.96. The van der Waals surface area contributed by atoms with Crippen molar-refractivity contribution < 1.29 is 4.79 Å². The van der Waals surface area contributed by atoms with Gasteiger partial charge in [0.1, 0.15) is 0 Å². The molecule has 1 aliphatic rings. The Bertz CT molecular complexity index is 551. The average molecular weight is 362 g/mol. The quantitative estimate of drug-likeness (QED) is 0.570. The van der Waals surface area contributed by atoms with E-state index in [1.165, 1.54) is 18.4 Å². The van der Waals surface area contributed by atoms with Crippen LogP contribution in [0.4, 0.5) is 5.69 Å². The van der Waals surface area contributed by atoms with Crippen molar-refractivity contribution in [1.29, 1.82) is 0 Å². The van der Waals surface area contributed by atoms with Crippen LogP contribution in [0, 0.1) is 5.92 Å². The van der Waals surface area contributed by atoms with Gasteiger partial charge in [0.05, 0.1) is 0 Å². The number of nitrogens with zero attached hydrogens (tertiary/aromatic N) is 1. The Labute approximate surface area is 157 Å². The highest BCUT2D eigenvalue weighted by molar-refractivity contribution is 7.80. The van der Waals surface area contributed by atoms with Crippen LogP contribution in [0.3, 0.4) is 0 Å². The summed E-state index contributed by atoms with van der Waals surface area (Å²) in [6.45, 7) is 6.81. The molecule has 0 bridgehead atoms. The molecule has 2 N–H and O–H groups in total. The van der Waals surface area contributed by atoms with Gasteiger partial charge in [0.2, 0.25) is 5.91 Å². The van der Waals surface area contributed by atoms with E-state index in [-0.39, 0.29) is 11.8 Å². The molecule has 1 amide bonds. The lowest BCUT2D eigenvalue weighted by Gasteiger charge is -2.33. The van der Waals surface area contributed by atoms with Gasteiger partial charge >= 0.3 is 0 Å². The lowest BCUT2D eigenvalue weighted by atomic mass is 9.96. The van der Waals surface area contributed by atoms with Crippen molar-refractivity contribution in [2.75, 3.05) is 25.0 Å². The highest BCUT2D eigenvalue weighted by Gasteiger charge is 2.25. The number of unbranched alkanes of at least 4 members (excludes halogenated alkanes) is 2. The third kappa shape index (κ3) is 6.31. The van der Waals surface area contributed by atoms with Crippen LogP contribution >= 0.6 is 12.2 Å². The average Bonchev–Trinajstić information content (AvgIpc) is 2.66. The standard InChI is InChI=1S/C20H31N3OS/c1-3-5-6-13-21-19(24)17-11-14-23(15-12-17)20(25)22-18-9-7-16(4-2)8-10-18/h7-10,17H,3-6,11-15H2,1-2H3,(H,21,24)(H,22,25). The van der Waals surface area contributed by atoms with Crippen LogP contribution in [0.1, 0.15) is 51.5 Å². The second kappa shape index (κ2) is 10.4. The molecule has 138 valence electrons. The zero-order chi connectivity index (χ0) is 18.1. The summed E-state index contributed by atoms with van der Waals surface area (Å²) in [6.07, 6.45) is 6.22. The van der Waals surface area contributed by atoms with Gasteiger partial charge in [-0.15, -0.1) is 0 Å². The largest absolute Gasteiger partial charge is 0.356 e. The molecule has 4 nitrogen and oxygen atoms in total. The first-order valence-corrected chi connectivity index (χ1v) is 9.97. The molecule has 1 heterocycles. The minimum Gasteiger partial charge on any atom is -0.356 e. The van der Waals surface area contributed by atoms with E-state index in [9.17, 15) is 4.79 Å². The Morgan fingerprint density at radius 3 is 2.44 bits per heavy atom. The number of carbonyl (C=O) groups excluding carboxylic acids is 1. The van der Waals surface area contributed by atoms with Crippen molar-refractivity contribution in [3.63, 3.8) is 0 Å². The van der Waals surface area contributed by atoms with E-state index in [2.05, 4.69) is 53.6 Å². The number of anilines is 1. The maximum absolute atomic E-state index is 12.2. The number of piperidine rings is 1. The molecule has 0 atom stereocenters. The fraction of sp³-hybridized carbons (Fsp3) is 0.600. The number of thiocarbonyl (C=S) groups is 1. The minimum absolute atomic E-state index is 0.129. The Hall–Kier alpha value is -1.62. The Kier molecular flexibility index (Phi) is 8.19. The van der Waals surface area contributed by atoms with Gasteiger partial charge in [0.25, 0.3) is 0 Å². The summed E-state index contributed by atoms with van der Waals surface area (Å²) in [4.78, 5) is 14.4. The van der Waals surface area contributed by atoms with Crippen LogP contribution in [0.25, 0.3) is 0 Å². The van der Waals surface area contributed by atoms with Gasteiger partial charge in [-0.2, -0.15) is 0 Å². The number of likely N-dealkylation sites (tertiary alicyclic amines) is 1. The molecule has 0 aliphatic carbocycles. The summed E-state index contributed by atoms with van der Waals surface area (Å²) in [5.41, 5.74) is 2.35. The van der Waals surface area contributed by atoms with Gasteiger partial charge in [-0.1, -0.05) is 38.8 Å². The second-order valence-corrected chi connectivity index (χ2v) is 7.13. The molecule has 0 unspecified atom stereocenters. The van der Waals surface area contributed by atoms with Gasteiger partial charge in [-0.25, -0.2) is 0 Å². The molecule has 25 heavy (non-hydrogen) atoms. The Balaban J connectivity index is 1.73. The highest BCUT2D eigenvalue weighted by atomic mass is 32.1. The molecule has 1 aliphatic heterocycles. The van der Waals surface area contributed by atoms with E-state index in [1.807, 2.05) is 0 Å². The molecular weight excluding hydrogens is 330 g/mol. The van der Waals surface area contributed by atoms with E-state index in [1.54, 1.807) is 0 Å². The van der Waals surface area contributed by atoms with E-state index in [4.69, 9.17) is 12.2 Å². The molecule has 2 rings (SSSR count). The maximum atomic E-state index is 12.2. The fourth-order valence-electron chi connectivity index (χ4n) is 3.10. The Morgan fingerprint density at radius 2 is 1.84 bits per heavy atom. The topological polar surface area (TPSA) is 44.4 Å². The van der Waals surface area contributed by atoms with Crippen molar-refractivity contribution in [2.24, 2.45) is 5.92 Å². The molecule has 0 radical (unpaired) electrons. The number of amides is 1. The molecular formula is C20H31N3OS. The zero-order valence-corrected chi connectivity index (χ0v) is 16.3. The normalized spacial score (nSPS) is 15.0. The predicted molar refractivity (Wildman–Crippen MR) is 109 cm³/mol. The number of rotatable bonds is 7. The van der Waals surface area contributed by atoms with Crippen LogP contribution in [0.5, 0.6) is 0 Å². The molecule has 1 aromatic rings. The summed E-state index contributed by atoms with van der Waals surface area (Å²) < 4.78 is 0. The van der Waals surface area contributed by atoms with Gasteiger partial charge in [-0.05, 0) is 55.6 Å². The van der Waals surface area contributed by atoms with Crippen LogP contribution in [-0.2, 0) is 11.2 Å². The number of carbonyl (C=O) groups is 1. The van der Waals surface area contributed by atoms with Gasteiger partial charge in [-0.3, -0.25) is 4.79 Å². The van der Waals surface area contributed by atoms with Crippen LogP contribution in [-0.4, -0.2) is 35.6 Å². The zero-order valence-electron chi connectivity index (χ0n) is 15.5. The number of nitrogens with one attached hydrogen (secondary N) is 2. The van der Waals surface area contributed by atoms with Crippen molar-refractivity contribution in [3.05, 3.63) is 29.8 Å². The van der Waals surface area contributed by atoms with Crippen molar-refractivity contribution in [3.8, 4) is 0 Å². The smallest absolute Gasteiger partial charge is 0.223 e. The molecule has 5 heteroatoms. The second-order valence-electron chi connectivity index (χ2n) is 6.74. The van der Waals surface area contributed by atoms with Crippen LogP contribution in [0.15, 0.2) is 24.3 Å². The lowest BCUT2D eigenvalue weighted by Crippen LogP contribution is -2.44. The minimum atomic E-state index is 0.129. The molecule has 1 fully saturated rings. The summed E-state index contributed by atoms with van der Waals surface area (Å²) in [5, 5.41) is 7.14. The number of aryl methyl sites for hydroxylation is 1. The summed E-state index contributed by atoms with van der Waals surface area (Å²) in [5.74, 6) is 0.342. The van der Waals surface area contributed by atoms with E-state index < -0.39 is 0 Å². The molecule has 0 spiro atoms. The van der Waals surface area contributed by atoms with Gasteiger partial charge in [0, 0.05) is 31.2 Å². The van der Waals surface area contributed by atoms with Crippen molar-refractivity contribution in [2.45, 2.75) is 52.4 Å². The van der Waals surface area contributed by atoms with Crippen molar-refractivity contribution in [1.82, 2.24) is 10.2 Å². The molecule has 1 aromatic carbocycles. The van der Waals surface area contributed by atoms with Crippen LogP contribution < -0.4 is 10.6 Å².